The Bertz CT molecular complexity index is 58.0. The van der Waals surface area contributed by atoms with E-state index in [1.165, 1.54) is 0 Å². The molecule has 0 saturated heterocycles. The zero-order chi connectivity index (χ0) is 9.00. The zero-order valence-electron chi connectivity index (χ0n) is 4.58. The lowest BCUT2D eigenvalue weighted by molar-refractivity contribution is 0.115. The van der Waals surface area contributed by atoms with Crippen LogP contribution in [0.2, 0.25) is 0 Å². The van der Waals surface area contributed by atoms with Gasteiger partial charge in [-0.25, -0.2) is 0 Å². The Balaban J connectivity index is -0.0000000457. The number of hydrogen-bond donors (Lipinski definition) is 8. The number of rotatable bonds is 0. The lowest BCUT2D eigenvalue weighted by atomic mass is 15.7. The molecule has 0 aliphatic heterocycles. The predicted octanol–water partition coefficient (Wildman–Crippen LogP) is -7.59. The van der Waals surface area contributed by atoms with Gasteiger partial charge in [0.2, 0.25) is 0 Å². The minimum absolute atomic E-state index is 0. The van der Waals surface area contributed by atoms with Gasteiger partial charge in [-0.1, -0.05) is 0 Å². The molecule has 0 aromatic carbocycles. The minimum atomic E-state index is -4.61. The molecule has 76 valence electrons. The molecule has 12 heteroatoms. The van der Waals surface area contributed by atoms with E-state index in [1.54, 1.807) is 0 Å². The summed E-state index contributed by atoms with van der Waals surface area (Å²) in [5.74, 6) is 0. The van der Waals surface area contributed by atoms with Crippen LogP contribution in [-0.4, -0.2) is 91.2 Å². The van der Waals surface area contributed by atoms with Crippen molar-refractivity contribution in [3.05, 3.63) is 0 Å². The molecule has 0 aliphatic carbocycles. The lowest BCUT2D eigenvalue weighted by Gasteiger charge is -1.91. The average molecular weight is 252 g/mol. The van der Waals surface area contributed by atoms with E-state index >= 15 is 0 Å². The Morgan fingerprint density at radius 3 is 0.417 bits per heavy atom. The average Bonchev–Trinajstić information content (AvgIpc) is 1.12. The Labute approximate surface area is 91.2 Å². The van der Waals surface area contributed by atoms with E-state index in [4.69, 9.17) is 38.4 Å². The second kappa shape index (κ2) is 8.76. The van der Waals surface area contributed by atoms with E-state index in [9.17, 15) is 0 Å². The minimum Gasteiger partial charge on any atom is -0.368 e. The molecule has 0 unspecified atom stereocenters. The number of hydrogen-bond acceptors (Lipinski definition) is 8. The van der Waals surface area contributed by atoms with E-state index in [0.717, 1.165) is 0 Å². The molecule has 0 heterocycles. The van der Waals surface area contributed by atoms with Crippen molar-refractivity contribution in [1.29, 1.82) is 0 Å². The van der Waals surface area contributed by atoms with Gasteiger partial charge in [-0.05, 0) is 0 Å². The summed E-state index contributed by atoms with van der Waals surface area (Å²) < 4.78 is 0. The van der Waals surface area contributed by atoms with Gasteiger partial charge in [0.05, 0.1) is 0 Å². The predicted molar refractivity (Wildman–Crippen MR) is 49.1 cm³/mol. The topological polar surface area (TPSA) is 162 Å². The van der Waals surface area contributed by atoms with Crippen molar-refractivity contribution >= 4 is 52.8 Å². The molecule has 0 spiro atoms. The molecule has 0 aromatic heterocycles. The fourth-order valence-electron chi connectivity index (χ4n) is 0. The summed E-state index contributed by atoms with van der Waals surface area (Å²) in [7, 11) is -9.22. The molecule has 0 rings (SSSR count). The largest absolute Gasteiger partial charge is 0.668 e. The van der Waals surface area contributed by atoms with E-state index in [2.05, 4.69) is 0 Å². The van der Waals surface area contributed by atoms with Crippen LogP contribution in [0.1, 0.15) is 0 Å². The normalized spacial score (nSPS) is 10.0. The molecular formula is H14Al2O8Si2. The highest BCUT2D eigenvalue weighted by molar-refractivity contribution is 6.47. The molecule has 0 saturated carbocycles. The first-order valence-corrected chi connectivity index (χ1v) is 5.37. The van der Waals surface area contributed by atoms with Crippen molar-refractivity contribution in [2.45, 2.75) is 0 Å². The molecule has 0 aliphatic rings. The highest BCUT2D eigenvalue weighted by Crippen LogP contribution is 1.67. The van der Waals surface area contributed by atoms with Gasteiger partial charge in [0.25, 0.3) is 0 Å². The van der Waals surface area contributed by atoms with Crippen LogP contribution in [0.4, 0.5) is 0 Å². The molecule has 0 atom stereocenters. The Morgan fingerprint density at radius 1 is 0.417 bits per heavy atom. The Hall–Kier alpha value is 1.18. The first kappa shape index (κ1) is 23.2. The molecule has 0 radical (unpaired) electrons. The molecule has 8 nitrogen and oxygen atoms in total. The van der Waals surface area contributed by atoms with Gasteiger partial charge in [0.15, 0.2) is 34.7 Å². The Morgan fingerprint density at radius 2 is 0.417 bits per heavy atom. The second-order valence-corrected chi connectivity index (χ2v) is 3.60. The quantitative estimate of drug-likeness (QED) is 0.197. The highest BCUT2D eigenvalue weighted by atomic mass is 28.4. The molecule has 0 amide bonds. The second-order valence-electron chi connectivity index (χ2n) is 1.20. The van der Waals surface area contributed by atoms with Crippen LogP contribution >= 0.6 is 0 Å². The van der Waals surface area contributed by atoms with Crippen molar-refractivity contribution in [3.63, 3.8) is 0 Å². The SMILES string of the molecule is O[Si](O)(O)O.O[Si](O)(O)O.[AlH3].[AlH3]. The first-order chi connectivity index (χ1) is 4.00. The maximum absolute atomic E-state index is 7.33. The summed E-state index contributed by atoms with van der Waals surface area (Å²) in [6.07, 6.45) is 0. The standard InChI is InChI=1S/2Al.2H4O4Si.6H/c;;2*1-5(2,3)4;;;;;;/h;;2*1-4H;;;;;;. The fourth-order valence-corrected chi connectivity index (χ4v) is 0. The summed E-state index contributed by atoms with van der Waals surface area (Å²) in [6.45, 7) is 0. The summed E-state index contributed by atoms with van der Waals surface area (Å²) in [5.41, 5.74) is 0. The third-order valence-electron chi connectivity index (χ3n) is 0. The summed E-state index contributed by atoms with van der Waals surface area (Å²) in [4.78, 5) is 58.6. The van der Waals surface area contributed by atoms with Crippen molar-refractivity contribution in [2.24, 2.45) is 0 Å². The van der Waals surface area contributed by atoms with E-state index in [0.29, 0.717) is 0 Å². The lowest BCUT2D eigenvalue weighted by Crippen LogP contribution is -2.33. The molecule has 0 fully saturated rings. The van der Waals surface area contributed by atoms with Gasteiger partial charge in [-0.3, -0.25) is 0 Å². The van der Waals surface area contributed by atoms with Crippen LogP contribution in [0.15, 0.2) is 0 Å². The van der Waals surface area contributed by atoms with Crippen LogP contribution < -0.4 is 0 Å². The first-order valence-electron chi connectivity index (χ1n) is 1.79. The highest BCUT2D eigenvalue weighted by Gasteiger charge is 2.22. The Kier molecular flexibility index (Phi) is 16.9. The summed E-state index contributed by atoms with van der Waals surface area (Å²) in [6, 6.07) is 0. The van der Waals surface area contributed by atoms with Crippen LogP contribution in [0, 0.1) is 0 Å². The van der Waals surface area contributed by atoms with E-state index < -0.39 is 18.1 Å². The molecule has 0 bridgehead atoms. The van der Waals surface area contributed by atoms with Crippen LogP contribution in [0.25, 0.3) is 0 Å². The molecule has 8 N–H and O–H groups in total. The van der Waals surface area contributed by atoms with Crippen LogP contribution in [-0.2, 0) is 0 Å². The molecule has 0 aromatic rings. The van der Waals surface area contributed by atoms with Crippen LogP contribution in [0.5, 0.6) is 0 Å². The maximum atomic E-state index is 7.33. The van der Waals surface area contributed by atoms with Crippen molar-refractivity contribution in [2.75, 3.05) is 0 Å². The van der Waals surface area contributed by atoms with Gasteiger partial charge in [0.1, 0.15) is 0 Å². The van der Waals surface area contributed by atoms with E-state index in [-0.39, 0.29) is 34.7 Å². The van der Waals surface area contributed by atoms with E-state index in [1.807, 2.05) is 0 Å². The zero-order valence-corrected chi connectivity index (χ0v) is 6.58. The third-order valence-corrected chi connectivity index (χ3v) is 0. The third kappa shape index (κ3) is 834. The van der Waals surface area contributed by atoms with Gasteiger partial charge < -0.3 is 38.4 Å². The summed E-state index contributed by atoms with van der Waals surface area (Å²) >= 11 is 0. The van der Waals surface area contributed by atoms with Gasteiger partial charge in [0, 0.05) is 0 Å². The van der Waals surface area contributed by atoms with Crippen molar-refractivity contribution < 1.29 is 38.4 Å². The van der Waals surface area contributed by atoms with Gasteiger partial charge in [-0.2, -0.15) is 0 Å². The van der Waals surface area contributed by atoms with Crippen LogP contribution in [0.3, 0.4) is 0 Å². The smallest absolute Gasteiger partial charge is 0.368 e. The maximum Gasteiger partial charge on any atom is 0.668 e. The van der Waals surface area contributed by atoms with Crippen molar-refractivity contribution in [1.82, 2.24) is 0 Å². The summed E-state index contributed by atoms with van der Waals surface area (Å²) in [5, 5.41) is 0. The van der Waals surface area contributed by atoms with Gasteiger partial charge in [-0.15, -0.1) is 0 Å². The molecule has 12 heavy (non-hydrogen) atoms. The van der Waals surface area contributed by atoms with Gasteiger partial charge >= 0.3 is 18.1 Å². The van der Waals surface area contributed by atoms with Crippen molar-refractivity contribution in [3.8, 4) is 0 Å². The molecular weight excluding hydrogens is 238 g/mol. The fraction of sp³-hybridized carbons (Fsp3) is 0. The monoisotopic (exact) mass is 252 g/mol.